The van der Waals surface area contributed by atoms with Crippen molar-refractivity contribution in [1.82, 2.24) is 4.98 Å². The summed E-state index contributed by atoms with van der Waals surface area (Å²) in [5.74, 6) is 0. The van der Waals surface area contributed by atoms with Crippen LogP contribution in [0.4, 0.5) is 18.9 Å². The van der Waals surface area contributed by atoms with Crippen LogP contribution in [0.25, 0.3) is 0 Å². The highest BCUT2D eigenvalue weighted by molar-refractivity contribution is 7.11. The average Bonchev–Trinajstić information content (AvgIpc) is 2.68. The summed E-state index contributed by atoms with van der Waals surface area (Å²) < 4.78 is 38.0. The lowest BCUT2D eigenvalue weighted by Crippen LogP contribution is -2.10. The number of halogens is 3. The molecule has 108 valence electrons. The Hall–Kier alpha value is -1.56. The van der Waals surface area contributed by atoms with Crippen LogP contribution in [0.5, 0.6) is 0 Å². The van der Waals surface area contributed by atoms with E-state index < -0.39 is 11.7 Å². The van der Waals surface area contributed by atoms with Gasteiger partial charge in [0.05, 0.1) is 22.3 Å². The second kappa shape index (κ2) is 5.44. The molecule has 0 bridgehead atoms. The quantitative estimate of drug-likeness (QED) is 0.867. The van der Waals surface area contributed by atoms with Crippen LogP contribution in [0.15, 0.2) is 24.3 Å². The molecule has 1 atom stereocenters. The van der Waals surface area contributed by atoms with E-state index in [9.17, 15) is 13.2 Å². The molecular formula is C14H15F3N2S. The molecule has 0 aliphatic heterocycles. The first kappa shape index (κ1) is 14.8. The van der Waals surface area contributed by atoms with Crippen molar-refractivity contribution in [3.05, 3.63) is 45.4 Å². The van der Waals surface area contributed by atoms with Gasteiger partial charge in [-0.1, -0.05) is 6.07 Å². The van der Waals surface area contributed by atoms with Gasteiger partial charge in [0.1, 0.15) is 0 Å². The highest BCUT2D eigenvalue weighted by Crippen LogP contribution is 2.32. The number of hydrogen-bond acceptors (Lipinski definition) is 3. The molecule has 0 amide bonds. The number of benzene rings is 1. The first-order chi connectivity index (χ1) is 9.27. The summed E-state index contributed by atoms with van der Waals surface area (Å²) in [4.78, 5) is 5.49. The van der Waals surface area contributed by atoms with Crippen LogP contribution >= 0.6 is 11.3 Å². The smallest absolute Gasteiger partial charge is 0.377 e. The Morgan fingerprint density at radius 2 is 1.95 bits per heavy atom. The highest BCUT2D eigenvalue weighted by atomic mass is 32.1. The van der Waals surface area contributed by atoms with Gasteiger partial charge in [-0.2, -0.15) is 13.2 Å². The molecule has 1 heterocycles. The topological polar surface area (TPSA) is 24.9 Å². The summed E-state index contributed by atoms with van der Waals surface area (Å²) in [6.45, 7) is 5.77. The van der Waals surface area contributed by atoms with Gasteiger partial charge in [-0.25, -0.2) is 4.98 Å². The third kappa shape index (κ3) is 3.30. The van der Waals surface area contributed by atoms with Crippen molar-refractivity contribution in [3.63, 3.8) is 0 Å². The zero-order chi connectivity index (χ0) is 14.9. The summed E-state index contributed by atoms with van der Waals surface area (Å²) in [6.07, 6.45) is -4.33. The Labute approximate surface area is 119 Å². The number of aromatic nitrogens is 1. The zero-order valence-corrected chi connectivity index (χ0v) is 12.2. The monoisotopic (exact) mass is 300 g/mol. The Balaban J connectivity index is 2.20. The number of alkyl halides is 3. The van der Waals surface area contributed by atoms with E-state index in [0.717, 1.165) is 27.7 Å². The van der Waals surface area contributed by atoms with Crippen molar-refractivity contribution in [2.75, 3.05) is 5.32 Å². The number of nitrogens with zero attached hydrogens (tertiary/aromatic N) is 1. The molecule has 2 rings (SSSR count). The van der Waals surface area contributed by atoms with Crippen LogP contribution in [0.2, 0.25) is 0 Å². The van der Waals surface area contributed by atoms with Crippen LogP contribution in [0.3, 0.4) is 0 Å². The van der Waals surface area contributed by atoms with Crippen molar-refractivity contribution >= 4 is 17.0 Å². The maximum Gasteiger partial charge on any atom is 0.416 e. The Morgan fingerprint density at radius 1 is 1.25 bits per heavy atom. The number of hydrogen-bond donors (Lipinski definition) is 1. The molecular weight excluding hydrogens is 285 g/mol. The van der Waals surface area contributed by atoms with Crippen molar-refractivity contribution in [2.24, 2.45) is 0 Å². The predicted octanol–water partition coefficient (Wildman–Crippen LogP) is 4.95. The molecule has 1 aromatic carbocycles. The lowest BCUT2D eigenvalue weighted by Gasteiger charge is -2.15. The fourth-order valence-electron chi connectivity index (χ4n) is 2.05. The van der Waals surface area contributed by atoms with Gasteiger partial charge in [-0.15, -0.1) is 11.3 Å². The number of anilines is 1. The summed E-state index contributed by atoms with van der Waals surface area (Å²) in [6, 6.07) is 5.07. The van der Waals surface area contributed by atoms with Gasteiger partial charge in [0.25, 0.3) is 0 Å². The molecule has 0 fully saturated rings. The highest BCUT2D eigenvalue weighted by Gasteiger charge is 2.30. The lowest BCUT2D eigenvalue weighted by atomic mass is 10.1. The van der Waals surface area contributed by atoms with Gasteiger partial charge in [-0.05, 0) is 39.0 Å². The second-order valence-electron chi connectivity index (χ2n) is 4.62. The van der Waals surface area contributed by atoms with Crippen LogP contribution in [0, 0.1) is 13.8 Å². The minimum absolute atomic E-state index is 0.136. The van der Waals surface area contributed by atoms with E-state index in [1.165, 1.54) is 6.07 Å². The fourth-order valence-corrected chi connectivity index (χ4v) is 2.96. The van der Waals surface area contributed by atoms with E-state index in [1.54, 1.807) is 17.4 Å². The maximum atomic E-state index is 12.7. The van der Waals surface area contributed by atoms with Gasteiger partial charge in [0.15, 0.2) is 0 Å². The number of thiazole rings is 1. The van der Waals surface area contributed by atoms with Crippen LogP contribution in [-0.4, -0.2) is 4.98 Å². The molecule has 0 aliphatic carbocycles. The largest absolute Gasteiger partial charge is 0.416 e. The van der Waals surface area contributed by atoms with Gasteiger partial charge in [-0.3, -0.25) is 0 Å². The molecule has 20 heavy (non-hydrogen) atoms. The molecule has 2 aromatic rings. The maximum absolute atomic E-state index is 12.7. The summed E-state index contributed by atoms with van der Waals surface area (Å²) >= 11 is 1.58. The van der Waals surface area contributed by atoms with Crippen molar-refractivity contribution in [1.29, 1.82) is 0 Å². The Morgan fingerprint density at radius 3 is 2.50 bits per heavy atom. The number of nitrogens with one attached hydrogen (secondary N) is 1. The summed E-state index contributed by atoms with van der Waals surface area (Å²) in [7, 11) is 0. The fraction of sp³-hybridized carbons (Fsp3) is 0.357. The molecule has 0 saturated heterocycles. The van der Waals surface area contributed by atoms with E-state index in [-0.39, 0.29) is 6.04 Å². The molecule has 0 spiro atoms. The predicted molar refractivity (Wildman–Crippen MR) is 75.1 cm³/mol. The van der Waals surface area contributed by atoms with Crippen molar-refractivity contribution in [3.8, 4) is 0 Å². The van der Waals surface area contributed by atoms with E-state index in [0.29, 0.717) is 5.69 Å². The van der Waals surface area contributed by atoms with E-state index in [1.807, 2.05) is 20.8 Å². The van der Waals surface area contributed by atoms with E-state index >= 15 is 0 Å². The normalized spacial score (nSPS) is 13.3. The molecule has 0 saturated carbocycles. The first-order valence-corrected chi connectivity index (χ1v) is 6.96. The molecule has 1 unspecified atom stereocenters. The van der Waals surface area contributed by atoms with Gasteiger partial charge in [0.2, 0.25) is 0 Å². The lowest BCUT2D eigenvalue weighted by molar-refractivity contribution is -0.137. The van der Waals surface area contributed by atoms with E-state index in [4.69, 9.17) is 0 Å². The van der Waals surface area contributed by atoms with E-state index in [2.05, 4.69) is 10.3 Å². The third-order valence-corrected chi connectivity index (χ3v) is 3.82. The SMILES string of the molecule is Cc1nc(C(C)Nc2cccc(C(F)(F)F)c2)c(C)s1. The molecule has 2 nitrogen and oxygen atoms in total. The molecule has 1 aromatic heterocycles. The zero-order valence-electron chi connectivity index (χ0n) is 11.4. The van der Waals surface area contributed by atoms with Gasteiger partial charge >= 0.3 is 6.18 Å². The Bertz CT molecular complexity index is 605. The second-order valence-corrected chi connectivity index (χ2v) is 6.03. The van der Waals surface area contributed by atoms with Gasteiger partial charge in [0, 0.05) is 10.6 Å². The molecule has 6 heteroatoms. The molecule has 0 aliphatic rings. The van der Waals surface area contributed by atoms with Crippen LogP contribution in [-0.2, 0) is 6.18 Å². The summed E-state index contributed by atoms with van der Waals surface area (Å²) in [5, 5.41) is 4.02. The summed E-state index contributed by atoms with van der Waals surface area (Å²) in [5.41, 5.74) is 0.670. The Kier molecular flexibility index (Phi) is 4.04. The molecule has 0 radical (unpaired) electrons. The third-order valence-electron chi connectivity index (χ3n) is 2.92. The van der Waals surface area contributed by atoms with Gasteiger partial charge < -0.3 is 5.32 Å². The molecule has 1 N–H and O–H groups in total. The van der Waals surface area contributed by atoms with Crippen molar-refractivity contribution < 1.29 is 13.2 Å². The van der Waals surface area contributed by atoms with Crippen LogP contribution in [0.1, 0.15) is 34.1 Å². The average molecular weight is 300 g/mol. The minimum Gasteiger partial charge on any atom is -0.377 e. The first-order valence-electron chi connectivity index (χ1n) is 6.15. The standard InChI is InChI=1S/C14H15F3N2S/c1-8(13-9(2)20-10(3)19-13)18-12-6-4-5-11(7-12)14(15,16)17/h4-8,18H,1-3H3. The van der Waals surface area contributed by atoms with Crippen molar-refractivity contribution in [2.45, 2.75) is 33.0 Å². The number of rotatable bonds is 3. The minimum atomic E-state index is -4.33. The number of aryl methyl sites for hydroxylation is 2. The van der Waals surface area contributed by atoms with Crippen LogP contribution < -0.4 is 5.32 Å².